The number of carbonyl (C=O) groups excluding carboxylic acids is 3. The van der Waals surface area contributed by atoms with E-state index in [1.54, 1.807) is 6.20 Å². The normalized spacial score (nSPS) is 18.6. The quantitative estimate of drug-likeness (QED) is 0.414. The second-order valence-electron chi connectivity index (χ2n) is 10.7. The maximum absolute atomic E-state index is 13.2. The van der Waals surface area contributed by atoms with Gasteiger partial charge in [0.05, 0.1) is 17.1 Å². The molecular weight excluding hydrogens is 488 g/mol. The van der Waals surface area contributed by atoms with Gasteiger partial charge in [-0.25, -0.2) is 0 Å². The zero-order chi connectivity index (χ0) is 26.8. The number of nitrogens with zero attached hydrogens (tertiary/aromatic N) is 4. The van der Waals surface area contributed by atoms with Crippen molar-refractivity contribution in [2.24, 2.45) is 0 Å². The first kappa shape index (κ1) is 25.3. The molecule has 7 heteroatoms. The lowest BCUT2D eigenvalue weighted by atomic mass is 9.95. The molecule has 0 spiro atoms. The molecule has 2 aromatic carbocycles. The van der Waals surface area contributed by atoms with Gasteiger partial charge in [-0.1, -0.05) is 30.3 Å². The van der Waals surface area contributed by atoms with Crippen LogP contribution in [0.2, 0.25) is 0 Å². The van der Waals surface area contributed by atoms with Crippen LogP contribution in [0.1, 0.15) is 57.8 Å². The summed E-state index contributed by atoms with van der Waals surface area (Å²) in [5, 5.41) is 0. The minimum absolute atomic E-state index is 0.0800. The molecule has 7 nitrogen and oxygen atoms in total. The van der Waals surface area contributed by atoms with Gasteiger partial charge in [0.2, 0.25) is 17.7 Å². The number of pyridine rings is 1. The van der Waals surface area contributed by atoms with Crippen molar-refractivity contribution in [1.29, 1.82) is 0 Å². The van der Waals surface area contributed by atoms with Gasteiger partial charge in [-0.3, -0.25) is 19.4 Å². The highest BCUT2D eigenvalue weighted by molar-refractivity contribution is 6.07. The smallest absolute Gasteiger partial charge is 0.227 e. The lowest BCUT2D eigenvalue weighted by molar-refractivity contribution is -0.120. The Hall–Kier alpha value is -4.00. The van der Waals surface area contributed by atoms with E-state index in [1.807, 2.05) is 39.1 Å². The standard InChI is InChI=1S/C32H34N4O3/c37-30-9-1-4-17-34(30)27-21-29(36-19-6-3-11-32(36)39)28(35-18-5-2-10-31(35)38)20-26(27)24-14-12-23(13-15-24)25-8-7-16-33-22-25/h7-8,12-16,20-22H,1-6,9-11,17-19H2. The molecule has 6 rings (SSSR count). The molecule has 1 aromatic heterocycles. The molecule has 39 heavy (non-hydrogen) atoms. The maximum atomic E-state index is 13.2. The number of amides is 3. The first-order chi connectivity index (χ1) is 19.1. The predicted octanol–water partition coefficient (Wildman–Crippen LogP) is 5.97. The van der Waals surface area contributed by atoms with Crippen molar-refractivity contribution < 1.29 is 14.4 Å². The Balaban J connectivity index is 1.52. The van der Waals surface area contributed by atoms with Crippen molar-refractivity contribution >= 4 is 34.8 Å². The van der Waals surface area contributed by atoms with E-state index in [2.05, 4.69) is 35.3 Å². The van der Waals surface area contributed by atoms with E-state index in [-0.39, 0.29) is 17.7 Å². The summed E-state index contributed by atoms with van der Waals surface area (Å²) < 4.78 is 0. The van der Waals surface area contributed by atoms with Gasteiger partial charge in [0, 0.05) is 56.9 Å². The van der Waals surface area contributed by atoms with Crippen LogP contribution in [0.4, 0.5) is 17.1 Å². The Morgan fingerprint density at radius 2 is 1.05 bits per heavy atom. The van der Waals surface area contributed by atoms with E-state index in [0.29, 0.717) is 38.9 Å². The van der Waals surface area contributed by atoms with E-state index in [9.17, 15) is 14.4 Å². The van der Waals surface area contributed by atoms with Crippen molar-refractivity contribution in [2.75, 3.05) is 34.3 Å². The molecule has 3 aromatic rings. The third-order valence-corrected chi connectivity index (χ3v) is 8.13. The number of benzene rings is 2. The van der Waals surface area contributed by atoms with Gasteiger partial charge in [0.15, 0.2) is 0 Å². The average Bonchev–Trinajstić information content (AvgIpc) is 2.98. The highest BCUT2D eigenvalue weighted by Gasteiger charge is 2.31. The molecule has 3 aliphatic rings. The van der Waals surface area contributed by atoms with Crippen LogP contribution in [0.25, 0.3) is 22.3 Å². The Labute approximate surface area is 229 Å². The summed E-state index contributed by atoms with van der Waals surface area (Å²) in [6.07, 6.45) is 10.6. The molecular formula is C32H34N4O3. The van der Waals surface area contributed by atoms with Crippen LogP contribution in [0.3, 0.4) is 0 Å². The summed E-state index contributed by atoms with van der Waals surface area (Å²) in [7, 11) is 0. The largest absolute Gasteiger partial charge is 0.312 e. The highest BCUT2D eigenvalue weighted by atomic mass is 16.2. The Morgan fingerprint density at radius 1 is 0.538 bits per heavy atom. The van der Waals surface area contributed by atoms with Gasteiger partial charge in [-0.2, -0.15) is 0 Å². The topological polar surface area (TPSA) is 73.8 Å². The lowest BCUT2D eigenvalue weighted by Gasteiger charge is -2.36. The van der Waals surface area contributed by atoms with Crippen molar-refractivity contribution in [3.8, 4) is 22.3 Å². The molecule has 0 N–H and O–H groups in total. The maximum Gasteiger partial charge on any atom is 0.227 e. The van der Waals surface area contributed by atoms with Gasteiger partial charge >= 0.3 is 0 Å². The molecule has 0 unspecified atom stereocenters. The van der Waals surface area contributed by atoms with Crippen LogP contribution < -0.4 is 14.7 Å². The van der Waals surface area contributed by atoms with Crippen molar-refractivity contribution in [3.63, 3.8) is 0 Å². The third-order valence-electron chi connectivity index (χ3n) is 8.13. The van der Waals surface area contributed by atoms with Crippen LogP contribution in [-0.4, -0.2) is 42.3 Å². The van der Waals surface area contributed by atoms with Crippen LogP contribution in [0.15, 0.2) is 60.9 Å². The number of hydrogen-bond donors (Lipinski definition) is 0. The predicted molar refractivity (Wildman–Crippen MR) is 154 cm³/mol. The molecule has 3 fully saturated rings. The summed E-state index contributed by atoms with van der Waals surface area (Å²) in [4.78, 5) is 49.3. The molecule has 0 aliphatic carbocycles. The minimum Gasteiger partial charge on any atom is -0.312 e. The van der Waals surface area contributed by atoms with Crippen LogP contribution >= 0.6 is 0 Å². The summed E-state index contributed by atoms with van der Waals surface area (Å²) >= 11 is 0. The van der Waals surface area contributed by atoms with Crippen LogP contribution in [0.5, 0.6) is 0 Å². The molecule has 3 amide bonds. The zero-order valence-corrected chi connectivity index (χ0v) is 22.3. The number of anilines is 3. The first-order valence-electron chi connectivity index (χ1n) is 14.2. The van der Waals surface area contributed by atoms with Crippen LogP contribution in [-0.2, 0) is 14.4 Å². The van der Waals surface area contributed by atoms with Gasteiger partial charge in [-0.05, 0) is 73.4 Å². The summed E-state index contributed by atoms with van der Waals surface area (Å²) in [6.45, 7) is 1.91. The van der Waals surface area contributed by atoms with E-state index in [0.717, 1.165) is 77.8 Å². The lowest BCUT2D eigenvalue weighted by Crippen LogP contribution is -2.40. The monoisotopic (exact) mass is 522 g/mol. The molecule has 0 bridgehead atoms. The number of rotatable bonds is 5. The molecule has 0 radical (unpaired) electrons. The van der Waals surface area contributed by atoms with Crippen LogP contribution in [0, 0.1) is 0 Å². The van der Waals surface area contributed by atoms with Gasteiger partial charge in [-0.15, -0.1) is 0 Å². The van der Waals surface area contributed by atoms with Crippen molar-refractivity contribution in [1.82, 2.24) is 4.98 Å². The fourth-order valence-electron chi connectivity index (χ4n) is 6.01. The molecule has 200 valence electrons. The SMILES string of the molecule is O=C1CCCCN1c1cc(N2CCCCC2=O)c(N2CCCCC2=O)cc1-c1ccc(-c2cccnc2)cc1. The fourth-order valence-corrected chi connectivity index (χ4v) is 6.01. The fraction of sp³-hybridized carbons (Fsp3) is 0.375. The minimum atomic E-state index is 0.0800. The summed E-state index contributed by atoms with van der Waals surface area (Å²) in [5.41, 5.74) is 6.31. The second kappa shape index (κ2) is 11.0. The highest BCUT2D eigenvalue weighted by Crippen LogP contribution is 2.44. The number of hydrogen-bond acceptors (Lipinski definition) is 4. The summed E-state index contributed by atoms with van der Waals surface area (Å²) in [5.74, 6) is 0.273. The van der Waals surface area contributed by atoms with E-state index < -0.39 is 0 Å². The number of aromatic nitrogens is 1. The second-order valence-corrected chi connectivity index (χ2v) is 10.7. The summed E-state index contributed by atoms with van der Waals surface area (Å²) in [6, 6.07) is 16.3. The molecule has 0 saturated carbocycles. The Kier molecular flexibility index (Phi) is 7.14. The Morgan fingerprint density at radius 3 is 1.56 bits per heavy atom. The van der Waals surface area contributed by atoms with E-state index >= 15 is 0 Å². The average molecular weight is 523 g/mol. The van der Waals surface area contributed by atoms with E-state index in [1.165, 1.54) is 0 Å². The first-order valence-corrected chi connectivity index (χ1v) is 14.2. The Bertz CT molecular complexity index is 1390. The number of carbonyl (C=O) groups is 3. The van der Waals surface area contributed by atoms with Crippen molar-refractivity contribution in [2.45, 2.75) is 57.8 Å². The molecule has 3 aliphatic heterocycles. The van der Waals surface area contributed by atoms with Gasteiger partial charge in [0.25, 0.3) is 0 Å². The zero-order valence-electron chi connectivity index (χ0n) is 22.3. The third kappa shape index (κ3) is 5.05. The van der Waals surface area contributed by atoms with Gasteiger partial charge < -0.3 is 14.7 Å². The molecule has 3 saturated heterocycles. The van der Waals surface area contributed by atoms with Crippen molar-refractivity contribution in [3.05, 3.63) is 60.9 Å². The van der Waals surface area contributed by atoms with Gasteiger partial charge in [0.1, 0.15) is 0 Å². The van der Waals surface area contributed by atoms with E-state index in [4.69, 9.17) is 0 Å². The molecule has 0 atom stereocenters. The number of piperidine rings is 3. The molecule has 4 heterocycles.